The van der Waals surface area contributed by atoms with Gasteiger partial charge in [-0.3, -0.25) is 0 Å². The van der Waals surface area contributed by atoms with Gasteiger partial charge in [0.15, 0.2) is 0 Å². The van der Waals surface area contributed by atoms with Crippen molar-refractivity contribution in [3.05, 3.63) is 82.9 Å². The summed E-state index contributed by atoms with van der Waals surface area (Å²) >= 11 is 0. The Morgan fingerprint density at radius 1 is 0.923 bits per heavy atom. The molecule has 1 nitrogen and oxygen atoms in total. The second-order valence-corrected chi connectivity index (χ2v) is 7.02. The maximum Gasteiger partial charge on any atom is 0.0991 e. The Balaban J connectivity index is 1.49. The van der Waals surface area contributed by atoms with Crippen LogP contribution in [0.15, 0.2) is 60.7 Å². The zero-order valence-corrected chi connectivity index (χ0v) is 15.4. The van der Waals surface area contributed by atoms with Crippen LogP contribution in [0, 0.1) is 29.1 Å². The number of rotatable bonds is 3. The smallest absolute Gasteiger partial charge is 0.0991 e. The normalized spacial score (nSPS) is 19.5. The van der Waals surface area contributed by atoms with Crippen molar-refractivity contribution in [2.24, 2.45) is 5.92 Å². The van der Waals surface area contributed by atoms with E-state index in [1.807, 2.05) is 30.3 Å². The number of hydrogen-bond donors (Lipinski definition) is 0. The van der Waals surface area contributed by atoms with Crippen molar-refractivity contribution >= 4 is 0 Å². The molecule has 130 valence electrons. The lowest BCUT2D eigenvalue weighted by Gasteiger charge is -2.27. The molecule has 26 heavy (non-hydrogen) atoms. The van der Waals surface area contributed by atoms with E-state index in [9.17, 15) is 0 Å². The molecule has 1 aliphatic rings. The van der Waals surface area contributed by atoms with Gasteiger partial charge >= 0.3 is 0 Å². The van der Waals surface area contributed by atoms with Gasteiger partial charge in [-0.05, 0) is 85.4 Å². The molecular weight excluding hydrogens is 314 g/mol. The first-order valence-electron chi connectivity index (χ1n) is 9.55. The van der Waals surface area contributed by atoms with E-state index in [-0.39, 0.29) is 0 Å². The van der Waals surface area contributed by atoms with Gasteiger partial charge in [0.1, 0.15) is 0 Å². The van der Waals surface area contributed by atoms with Crippen LogP contribution in [0.2, 0.25) is 0 Å². The highest BCUT2D eigenvalue weighted by Gasteiger charge is 2.20. The van der Waals surface area contributed by atoms with Gasteiger partial charge < -0.3 is 0 Å². The molecule has 0 aliphatic heterocycles. The summed E-state index contributed by atoms with van der Waals surface area (Å²) in [6, 6.07) is 18.7. The molecule has 3 rings (SSSR count). The molecule has 0 amide bonds. The Kier molecular flexibility index (Phi) is 6.29. The van der Waals surface area contributed by atoms with Crippen LogP contribution in [0.5, 0.6) is 0 Å². The van der Waals surface area contributed by atoms with Crippen LogP contribution in [0.1, 0.15) is 60.8 Å². The Morgan fingerprint density at radius 2 is 1.58 bits per heavy atom. The van der Waals surface area contributed by atoms with E-state index >= 15 is 0 Å². The first-order valence-corrected chi connectivity index (χ1v) is 9.55. The summed E-state index contributed by atoms with van der Waals surface area (Å²) in [6.07, 6.45) is 10.4. The van der Waals surface area contributed by atoms with Crippen LogP contribution in [-0.2, 0) is 6.42 Å². The Morgan fingerprint density at radius 3 is 2.19 bits per heavy atom. The topological polar surface area (TPSA) is 23.8 Å². The lowest BCUT2D eigenvalue weighted by molar-refractivity contribution is 0.376. The summed E-state index contributed by atoms with van der Waals surface area (Å²) in [6.45, 7) is 2.21. The van der Waals surface area contributed by atoms with Crippen LogP contribution < -0.4 is 0 Å². The third-order valence-electron chi connectivity index (χ3n) is 5.31. The molecule has 0 unspecified atom stereocenters. The zero-order valence-electron chi connectivity index (χ0n) is 15.4. The summed E-state index contributed by atoms with van der Waals surface area (Å²) in [5.41, 5.74) is 4.55. The van der Waals surface area contributed by atoms with E-state index in [0.29, 0.717) is 11.5 Å². The molecule has 0 radical (unpaired) electrons. The van der Waals surface area contributed by atoms with Gasteiger partial charge in [0.05, 0.1) is 11.6 Å². The predicted octanol–water partition coefficient (Wildman–Crippen LogP) is 6.00. The maximum absolute atomic E-state index is 8.80. The molecule has 0 N–H and O–H groups in total. The van der Waals surface area contributed by atoms with Gasteiger partial charge in [-0.2, -0.15) is 5.26 Å². The van der Waals surface area contributed by atoms with Crippen LogP contribution in [-0.4, -0.2) is 0 Å². The standard InChI is InChI=1S/C25H25N/c1-2-20-11-15-24(16-12-20)25-17-13-22(14-18-25)6-4-3-5-21-7-9-23(19-26)10-8-21/h4,6-12,15-16,22,25H,2,13-14,17-18H2,1H3/b6-4+/t22-,25-. The summed E-state index contributed by atoms with van der Waals surface area (Å²) in [4.78, 5) is 0. The van der Waals surface area contributed by atoms with E-state index < -0.39 is 0 Å². The fraction of sp³-hybridized carbons (Fsp3) is 0.320. The second-order valence-electron chi connectivity index (χ2n) is 7.02. The highest BCUT2D eigenvalue weighted by molar-refractivity contribution is 5.41. The molecule has 1 heteroatoms. The minimum absolute atomic E-state index is 0.649. The molecule has 0 heterocycles. The Hall–Kier alpha value is -2.77. The summed E-state index contributed by atoms with van der Waals surface area (Å²) in [5, 5.41) is 8.80. The van der Waals surface area contributed by atoms with E-state index in [1.54, 1.807) is 0 Å². The number of hydrogen-bond acceptors (Lipinski definition) is 1. The van der Waals surface area contributed by atoms with E-state index in [2.05, 4.69) is 55.2 Å². The van der Waals surface area contributed by atoms with Crippen molar-refractivity contribution in [3.8, 4) is 17.9 Å². The first-order chi connectivity index (χ1) is 12.8. The quantitative estimate of drug-likeness (QED) is 0.629. The SMILES string of the molecule is CCc1ccc([C@H]2CC[C@H](/C=C/C#Cc3ccc(C#N)cc3)CC2)cc1. The summed E-state index contributed by atoms with van der Waals surface area (Å²) in [5.74, 6) is 7.63. The van der Waals surface area contributed by atoms with Crippen LogP contribution >= 0.6 is 0 Å². The van der Waals surface area contributed by atoms with E-state index in [4.69, 9.17) is 5.26 Å². The third kappa shape index (κ3) is 4.87. The highest BCUT2D eigenvalue weighted by Crippen LogP contribution is 2.36. The Bertz CT molecular complexity index is 830. The van der Waals surface area contributed by atoms with Crippen LogP contribution in [0.25, 0.3) is 0 Å². The highest BCUT2D eigenvalue weighted by atomic mass is 14.3. The van der Waals surface area contributed by atoms with Crippen molar-refractivity contribution in [1.82, 2.24) is 0 Å². The molecule has 1 saturated carbocycles. The van der Waals surface area contributed by atoms with Gasteiger partial charge in [-0.1, -0.05) is 49.1 Å². The maximum atomic E-state index is 8.80. The monoisotopic (exact) mass is 339 g/mol. The molecule has 2 aromatic carbocycles. The third-order valence-corrected chi connectivity index (χ3v) is 5.31. The van der Waals surface area contributed by atoms with Gasteiger partial charge in [-0.15, -0.1) is 0 Å². The number of allylic oxidation sites excluding steroid dienone is 2. The minimum Gasteiger partial charge on any atom is -0.192 e. The Labute approximate surface area is 157 Å². The van der Waals surface area contributed by atoms with Crippen molar-refractivity contribution in [3.63, 3.8) is 0 Å². The van der Waals surface area contributed by atoms with Crippen molar-refractivity contribution in [2.45, 2.75) is 44.9 Å². The fourth-order valence-electron chi connectivity index (χ4n) is 3.61. The molecule has 0 bridgehead atoms. The lowest BCUT2D eigenvalue weighted by atomic mass is 9.78. The molecular formula is C25H25N. The number of benzene rings is 2. The van der Waals surface area contributed by atoms with Gasteiger partial charge in [-0.25, -0.2) is 0 Å². The molecule has 2 aromatic rings. The average molecular weight is 339 g/mol. The van der Waals surface area contributed by atoms with Crippen molar-refractivity contribution in [2.75, 3.05) is 0 Å². The molecule has 0 spiro atoms. The summed E-state index contributed by atoms with van der Waals surface area (Å²) in [7, 11) is 0. The lowest BCUT2D eigenvalue weighted by Crippen LogP contribution is -2.11. The van der Waals surface area contributed by atoms with E-state index in [1.165, 1.54) is 36.8 Å². The molecule has 1 fully saturated rings. The average Bonchev–Trinajstić information content (AvgIpc) is 2.72. The van der Waals surface area contributed by atoms with Gasteiger partial charge in [0.25, 0.3) is 0 Å². The second kappa shape index (κ2) is 9.07. The number of aryl methyl sites for hydroxylation is 1. The van der Waals surface area contributed by atoms with Crippen LogP contribution in [0.3, 0.4) is 0 Å². The fourth-order valence-corrected chi connectivity index (χ4v) is 3.61. The predicted molar refractivity (Wildman–Crippen MR) is 108 cm³/mol. The molecule has 0 atom stereocenters. The zero-order chi connectivity index (χ0) is 18.2. The summed E-state index contributed by atoms with van der Waals surface area (Å²) < 4.78 is 0. The van der Waals surface area contributed by atoms with Gasteiger partial charge in [0.2, 0.25) is 0 Å². The molecule has 0 aromatic heterocycles. The number of nitrogens with zero attached hydrogens (tertiary/aromatic N) is 1. The largest absolute Gasteiger partial charge is 0.192 e. The van der Waals surface area contributed by atoms with Crippen molar-refractivity contribution in [1.29, 1.82) is 5.26 Å². The first kappa shape index (κ1) is 18.0. The van der Waals surface area contributed by atoms with Gasteiger partial charge in [0, 0.05) is 5.56 Å². The molecule has 1 aliphatic carbocycles. The van der Waals surface area contributed by atoms with E-state index in [0.717, 1.165) is 17.9 Å². The van der Waals surface area contributed by atoms with Crippen molar-refractivity contribution < 1.29 is 0 Å². The minimum atomic E-state index is 0.649. The molecule has 0 saturated heterocycles. The van der Waals surface area contributed by atoms with Crippen LogP contribution in [0.4, 0.5) is 0 Å². The number of nitriles is 1.